The van der Waals surface area contributed by atoms with Crippen LogP contribution in [0.4, 0.5) is 0 Å². The molecule has 1 heterocycles. The molecule has 1 N–H and O–H groups in total. The Hall–Kier alpha value is 0.320. The molecule has 2 rings (SSSR count). The minimum atomic E-state index is 0.337. The number of hydrogen-bond acceptors (Lipinski definition) is 2. The molecule has 0 aliphatic carbocycles. The van der Waals surface area contributed by atoms with E-state index in [0.717, 1.165) is 26.4 Å². The molecule has 102 valence electrons. The van der Waals surface area contributed by atoms with Crippen LogP contribution in [0.1, 0.15) is 23.4 Å². The lowest BCUT2D eigenvalue weighted by Gasteiger charge is -2.18. The number of rotatable bonds is 5. The van der Waals surface area contributed by atoms with Gasteiger partial charge in [0.2, 0.25) is 0 Å². The van der Waals surface area contributed by atoms with Crippen molar-refractivity contribution in [2.24, 2.45) is 0 Å². The van der Waals surface area contributed by atoms with E-state index in [1.54, 1.807) is 11.3 Å². The second kappa shape index (κ2) is 7.36. The third-order valence-corrected chi connectivity index (χ3v) is 5.40. The first-order chi connectivity index (χ1) is 9.08. The van der Waals surface area contributed by atoms with Gasteiger partial charge in [0.15, 0.2) is 0 Å². The lowest BCUT2D eigenvalue weighted by atomic mass is 10.0. The normalized spacial score (nSPS) is 12.6. The molecular weight excluding hydrogens is 454 g/mol. The monoisotopic (exact) mass is 465 g/mol. The minimum absolute atomic E-state index is 0.337. The Kier molecular flexibility index (Phi) is 6.09. The van der Waals surface area contributed by atoms with E-state index in [-0.39, 0.29) is 0 Å². The second-order valence-electron chi connectivity index (χ2n) is 4.25. The van der Waals surface area contributed by atoms with Gasteiger partial charge in [0.25, 0.3) is 0 Å². The van der Waals surface area contributed by atoms with Crippen molar-refractivity contribution in [1.82, 2.24) is 5.32 Å². The van der Waals surface area contributed by atoms with Crippen LogP contribution in [-0.4, -0.2) is 6.54 Å². The maximum absolute atomic E-state index is 3.56. The number of nitrogens with one attached hydrogen (secondary N) is 1. The minimum Gasteiger partial charge on any atom is -0.310 e. The topological polar surface area (TPSA) is 12.0 Å². The fourth-order valence-corrected chi connectivity index (χ4v) is 4.82. The highest BCUT2D eigenvalue weighted by atomic mass is 79.9. The maximum atomic E-state index is 3.56. The third kappa shape index (κ3) is 4.67. The lowest BCUT2D eigenvalue weighted by Crippen LogP contribution is -2.22. The van der Waals surface area contributed by atoms with E-state index in [2.05, 4.69) is 89.7 Å². The van der Waals surface area contributed by atoms with E-state index in [9.17, 15) is 0 Å². The smallest absolute Gasteiger partial charge is 0.0369 e. The average Bonchev–Trinajstić information content (AvgIpc) is 2.73. The van der Waals surface area contributed by atoms with Gasteiger partial charge in [0, 0.05) is 36.1 Å². The molecule has 0 fully saturated rings. The molecule has 0 amide bonds. The van der Waals surface area contributed by atoms with Crippen molar-refractivity contribution in [3.63, 3.8) is 0 Å². The highest BCUT2D eigenvalue weighted by molar-refractivity contribution is 9.11. The summed E-state index contributed by atoms with van der Waals surface area (Å²) in [6.45, 7) is 3.10. The van der Waals surface area contributed by atoms with Gasteiger partial charge in [-0.05, 0) is 52.3 Å². The maximum Gasteiger partial charge on any atom is 0.0369 e. The van der Waals surface area contributed by atoms with Crippen molar-refractivity contribution in [1.29, 1.82) is 0 Å². The first-order valence-electron chi connectivity index (χ1n) is 6.00. The molecule has 1 unspecified atom stereocenters. The molecule has 0 radical (unpaired) electrons. The Bertz CT molecular complexity index is 533. The summed E-state index contributed by atoms with van der Waals surface area (Å²) in [7, 11) is 0. The summed E-state index contributed by atoms with van der Waals surface area (Å²) in [5, 5.41) is 5.69. The Balaban J connectivity index is 2.23. The molecule has 1 atom stereocenters. The predicted molar refractivity (Wildman–Crippen MR) is 94.0 cm³/mol. The summed E-state index contributed by atoms with van der Waals surface area (Å²) in [4.78, 5) is 1.38. The van der Waals surface area contributed by atoms with Crippen molar-refractivity contribution in [2.75, 3.05) is 6.54 Å². The first kappa shape index (κ1) is 15.7. The summed E-state index contributed by atoms with van der Waals surface area (Å²) in [5.41, 5.74) is 1.30. The zero-order valence-corrected chi connectivity index (χ0v) is 16.0. The van der Waals surface area contributed by atoms with Gasteiger partial charge in [0.05, 0.1) is 0 Å². The molecule has 0 bridgehead atoms. The van der Waals surface area contributed by atoms with E-state index < -0.39 is 0 Å². The van der Waals surface area contributed by atoms with Gasteiger partial charge in [-0.15, -0.1) is 11.3 Å². The van der Waals surface area contributed by atoms with Gasteiger partial charge in [-0.2, -0.15) is 0 Å². The van der Waals surface area contributed by atoms with Gasteiger partial charge in [-0.3, -0.25) is 0 Å². The number of thiophene rings is 1. The Labute approximate surface area is 143 Å². The Morgan fingerprint density at radius 3 is 2.26 bits per heavy atom. The number of benzene rings is 1. The van der Waals surface area contributed by atoms with Crippen LogP contribution in [0.3, 0.4) is 0 Å². The summed E-state index contributed by atoms with van der Waals surface area (Å²) >= 11 is 12.4. The van der Waals surface area contributed by atoms with Gasteiger partial charge in [0.1, 0.15) is 0 Å². The van der Waals surface area contributed by atoms with E-state index in [1.165, 1.54) is 10.4 Å². The molecule has 0 spiro atoms. The average molecular weight is 468 g/mol. The van der Waals surface area contributed by atoms with Crippen LogP contribution >= 0.6 is 59.1 Å². The van der Waals surface area contributed by atoms with Crippen LogP contribution < -0.4 is 5.32 Å². The summed E-state index contributed by atoms with van der Waals surface area (Å²) in [5.74, 6) is 0. The van der Waals surface area contributed by atoms with Crippen LogP contribution in [0.5, 0.6) is 0 Å². The van der Waals surface area contributed by atoms with Crippen LogP contribution in [0.25, 0.3) is 0 Å². The number of likely N-dealkylation sites (N-methyl/N-ethyl adjacent to an activating group) is 1. The van der Waals surface area contributed by atoms with Gasteiger partial charge in [-0.1, -0.05) is 38.8 Å². The first-order valence-corrected chi connectivity index (χ1v) is 9.26. The largest absolute Gasteiger partial charge is 0.310 e. The molecule has 19 heavy (non-hydrogen) atoms. The molecule has 5 heteroatoms. The van der Waals surface area contributed by atoms with Gasteiger partial charge in [-0.25, -0.2) is 0 Å². The highest BCUT2D eigenvalue weighted by Gasteiger charge is 2.13. The SMILES string of the molecule is CCNC(Cc1cc(Br)cs1)c1cc(Br)cc(Br)c1. The third-order valence-electron chi connectivity index (χ3n) is 2.76. The molecule has 1 aromatic carbocycles. The fraction of sp³-hybridized carbons (Fsp3) is 0.286. The predicted octanol–water partition coefficient (Wildman–Crippen LogP) is 5.93. The molecule has 1 nitrogen and oxygen atoms in total. The van der Waals surface area contributed by atoms with Crippen molar-refractivity contribution >= 4 is 59.1 Å². The van der Waals surface area contributed by atoms with E-state index in [4.69, 9.17) is 0 Å². The standard InChI is InChI=1S/C14H14Br3NS/c1-2-18-14(7-13-6-12(17)8-19-13)9-3-10(15)5-11(16)4-9/h3-6,8,14,18H,2,7H2,1H3. The summed E-state index contributed by atoms with van der Waals surface area (Å²) in [6, 6.07) is 8.96. The molecule has 2 aromatic rings. The lowest BCUT2D eigenvalue weighted by molar-refractivity contribution is 0.553. The van der Waals surface area contributed by atoms with Gasteiger partial charge < -0.3 is 5.32 Å². The van der Waals surface area contributed by atoms with Crippen LogP contribution in [0.2, 0.25) is 0 Å². The van der Waals surface area contributed by atoms with Crippen LogP contribution in [0, 0.1) is 0 Å². The number of halogens is 3. The van der Waals surface area contributed by atoms with Crippen molar-refractivity contribution < 1.29 is 0 Å². The zero-order chi connectivity index (χ0) is 13.8. The molecule has 0 saturated heterocycles. The van der Waals surface area contributed by atoms with E-state index >= 15 is 0 Å². The molecule has 0 aliphatic rings. The van der Waals surface area contributed by atoms with E-state index in [0.29, 0.717) is 6.04 Å². The molecular formula is C14H14Br3NS. The highest BCUT2D eigenvalue weighted by Crippen LogP contribution is 2.29. The molecule has 0 aliphatic heterocycles. The molecule has 0 saturated carbocycles. The second-order valence-corrected chi connectivity index (χ2v) is 7.99. The zero-order valence-electron chi connectivity index (χ0n) is 10.4. The fourth-order valence-electron chi connectivity index (χ4n) is 1.99. The van der Waals surface area contributed by atoms with Crippen molar-refractivity contribution in [3.05, 3.63) is 53.5 Å². The summed E-state index contributed by atoms with van der Waals surface area (Å²) < 4.78 is 3.37. The Morgan fingerprint density at radius 1 is 1.05 bits per heavy atom. The molecule has 1 aromatic heterocycles. The summed E-state index contributed by atoms with van der Waals surface area (Å²) in [6.07, 6.45) is 1.01. The van der Waals surface area contributed by atoms with Crippen LogP contribution in [0.15, 0.2) is 43.1 Å². The van der Waals surface area contributed by atoms with Gasteiger partial charge >= 0.3 is 0 Å². The number of hydrogen-bond donors (Lipinski definition) is 1. The van der Waals surface area contributed by atoms with Crippen molar-refractivity contribution in [2.45, 2.75) is 19.4 Å². The van der Waals surface area contributed by atoms with E-state index in [1.807, 2.05) is 0 Å². The quantitative estimate of drug-likeness (QED) is 0.574. The van der Waals surface area contributed by atoms with Crippen molar-refractivity contribution in [3.8, 4) is 0 Å². The Morgan fingerprint density at radius 2 is 1.74 bits per heavy atom. The van der Waals surface area contributed by atoms with Crippen LogP contribution in [-0.2, 0) is 6.42 Å².